The van der Waals surface area contributed by atoms with Crippen molar-refractivity contribution in [1.82, 2.24) is 14.5 Å². The van der Waals surface area contributed by atoms with Gasteiger partial charge in [-0.3, -0.25) is 14.2 Å². The summed E-state index contributed by atoms with van der Waals surface area (Å²) < 4.78 is 6.98. The van der Waals surface area contributed by atoms with Gasteiger partial charge in [0.25, 0.3) is 5.56 Å². The van der Waals surface area contributed by atoms with Crippen molar-refractivity contribution in [1.29, 1.82) is 0 Å². The normalized spacial score (nSPS) is 10.3. The predicted molar refractivity (Wildman–Crippen MR) is 65.4 cm³/mol. The minimum absolute atomic E-state index is 0.265. The first-order valence-electron chi connectivity index (χ1n) is 5.58. The zero-order valence-corrected chi connectivity index (χ0v) is 10.5. The third-order valence-electron chi connectivity index (χ3n) is 2.39. The number of methoxy groups -OCH3 is 1. The lowest BCUT2D eigenvalue weighted by atomic mass is 10.4. The van der Waals surface area contributed by atoms with Gasteiger partial charge in [-0.2, -0.15) is 0 Å². The van der Waals surface area contributed by atoms with E-state index < -0.39 is 11.2 Å². The summed E-state index contributed by atoms with van der Waals surface area (Å²) in [4.78, 5) is 34.6. The van der Waals surface area contributed by atoms with Crippen LogP contribution in [-0.4, -0.2) is 35.3 Å². The van der Waals surface area contributed by atoms with Gasteiger partial charge in [-0.1, -0.05) is 0 Å². The van der Waals surface area contributed by atoms with Crippen molar-refractivity contribution < 1.29 is 9.53 Å². The Morgan fingerprint density at radius 2 is 2.17 bits per heavy atom. The molecule has 0 bridgehead atoms. The van der Waals surface area contributed by atoms with Crippen molar-refractivity contribution in [2.45, 2.75) is 13.0 Å². The predicted octanol–water partition coefficient (Wildman–Crippen LogP) is -1.30. The summed E-state index contributed by atoms with van der Waals surface area (Å²) in [6.07, 6.45) is 2.06. The fraction of sp³-hybridized carbons (Fsp3) is 0.545. The number of hydrogen-bond acceptors (Lipinski definition) is 4. The van der Waals surface area contributed by atoms with Crippen LogP contribution in [0.3, 0.4) is 0 Å². The summed E-state index contributed by atoms with van der Waals surface area (Å²) in [5.74, 6) is -0.364. The second-order valence-corrected chi connectivity index (χ2v) is 3.83. The SMILES string of the molecule is COCCCNC(=O)Cn1c(=O)ccn(C)c1=O. The van der Waals surface area contributed by atoms with Crippen LogP contribution >= 0.6 is 0 Å². The summed E-state index contributed by atoms with van der Waals surface area (Å²) in [6.45, 7) is 0.737. The van der Waals surface area contributed by atoms with E-state index in [1.165, 1.54) is 23.9 Å². The van der Waals surface area contributed by atoms with Crippen LogP contribution in [0.2, 0.25) is 0 Å². The average molecular weight is 255 g/mol. The Morgan fingerprint density at radius 3 is 2.83 bits per heavy atom. The highest BCUT2D eigenvalue weighted by atomic mass is 16.5. The second-order valence-electron chi connectivity index (χ2n) is 3.83. The number of rotatable bonds is 6. The third-order valence-corrected chi connectivity index (χ3v) is 2.39. The van der Waals surface area contributed by atoms with Crippen molar-refractivity contribution in [3.05, 3.63) is 33.1 Å². The molecule has 0 aromatic carbocycles. The van der Waals surface area contributed by atoms with Crippen LogP contribution in [0.4, 0.5) is 0 Å². The van der Waals surface area contributed by atoms with Gasteiger partial charge >= 0.3 is 5.69 Å². The molecule has 1 heterocycles. The Morgan fingerprint density at radius 1 is 1.44 bits per heavy atom. The number of carbonyl (C=O) groups excluding carboxylic acids is 1. The van der Waals surface area contributed by atoms with Crippen molar-refractivity contribution in [3.8, 4) is 0 Å². The molecule has 1 rings (SSSR count). The molecule has 1 amide bonds. The van der Waals surface area contributed by atoms with Crippen LogP contribution in [0.1, 0.15) is 6.42 Å². The Hall–Kier alpha value is -1.89. The van der Waals surface area contributed by atoms with E-state index in [0.717, 1.165) is 4.57 Å². The number of amides is 1. The van der Waals surface area contributed by atoms with E-state index in [-0.39, 0.29) is 12.5 Å². The summed E-state index contributed by atoms with van der Waals surface area (Å²) in [5, 5.41) is 2.61. The van der Waals surface area contributed by atoms with Crippen LogP contribution in [0.15, 0.2) is 21.9 Å². The number of nitrogens with zero attached hydrogens (tertiary/aromatic N) is 2. The molecular formula is C11H17N3O4. The van der Waals surface area contributed by atoms with Gasteiger partial charge in [-0.05, 0) is 6.42 Å². The zero-order chi connectivity index (χ0) is 13.5. The van der Waals surface area contributed by atoms with Gasteiger partial charge < -0.3 is 14.6 Å². The van der Waals surface area contributed by atoms with Gasteiger partial charge in [0.15, 0.2) is 0 Å². The van der Waals surface area contributed by atoms with E-state index in [1.807, 2.05) is 0 Å². The number of aromatic nitrogens is 2. The van der Waals surface area contributed by atoms with Crippen molar-refractivity contribution in [2.24, 2.45) is 7.05 Å². The van der Waals surface area contributed by atoms with Gasteiger partial charge in [0.05, 0.1) is 0 Å². The van der Waals surface area contributed by atoms with Gasteiger partial charge in [0.1, 0.15) is 6.54 Å². The highest BCUT2D eigenvalue weighted by molar-refractivity contribution is 5.75. The molecule has 0 unspecified atom stereocenters. The quantitative estimate of drug-likeness (QED) is 0.640. The average Bonchev–Trinajstić information content (AvgIpc) is 2.35. The molecule has 18 heavy (non-hydrogen) atoms. The van der Waals surface area contributed by atoms with Gasteiger partial charge in [-0.25, -0.2) is 4.79 Å². The Balaban J connectivity index is 2.63. The maximum Gasteiger partial charge on any atom is 0.331 e. The number of carbonyl (C=O) groups is 1. The lowest BCUT2D eigenvalue weighted by Gasteiger charge is -2.07. The van der Waals surface area contributed by atoms with Crippen molar-refractivity contribution in [3.63, 3.8) is 0 Å². The summed E-state index contributed by atoms with van der Waals surface area (Å²) in [7, 11) is 3.10. The second kappa shape index (κ2) is 6.75. The molecule has 1 aromatic heterocycles. The fourth-order valence-corrected chi connectivity index (χ4v) is 1.40. The zero-order valence-electron chi connectivity index (χ0n) is 10.5. The Labute approximate surface area is 104 Å². The highest BCUT2D eigenvalue weighted by Gasteiger charge is 2.07. The first kappa shape index (κ1) is 14.2. The minimum atomic E-state index is -0.505. The van der Waals surface area contributed by atoms with Crippen LogP contribution in [0, 0.1) is 0 Å². The fourth-order valence-electron chi connectivity index (χ4n) is 1.40. The Bertz CT molecular complexity index is 518. The molecule has 7 heteroatoms. The maximum absolute atomic E-state index is 11.6. The van der Waals surface area contributed by atoms with E-state index in [4.69, 9.17) is 4.74 Å². The van der Waals surface area contributed by atoms with Crippen molar-refractivity contribution >= 4 is 5.91 Å². The largest absolute Gasteiger partial charge is 0.385 e. The monoisotopic (exact) mass is 255 g/mol. The molecule has 7 nitrogen and oxygen atoms in total. The molecule has 0 fully saturated rings. The maximum atomic E-state index is 11.6. The minimum Gasteiger partial charge on any atom is -0.385 e. The molecule has 0 saturated heterocycles. The van der Waals surface area contributed by atoms with Gasteiger partial charge in [0.2, 0.25) is 5.91 Å². The van der Waals surface area contributed by atoms with Crippen LogP contribution in [0.5, 0.6) is 0 Å². The van der Waals surface area contributed by atoms with Crippen LogP contribution in [0.25, 0.3) is 0 Å². The van der Waals surface area contributed by atoms with Gasteiger partial charge in [0, 0.05) is 39.6 Å². The van der Waals surface area contributed by atoms with Gasteiger partial charge in [-0.15, -0.1) is 0 Å². The lowest BCUT2D eigenvalue weighted by molar-refractivity contribution is -0.121. The molecule has 1 N–H and O–H groups in total. The van der Waals surface area contributed by atoms with E-state index in [9.17, 15) is 14.4 Å². The molecule has 0 saturated carbocycles. The molecular weight excluding hydrogens is 238 g/mol. The number of ether oxygens (including phenoxy) is 1. The summed E-state index contributed by atoms with van der Waals surface area (Å²) >= 11 is 0. The topological polar surface area (TPSA) is 82.3 Å². The van der Waals surface area contributed by atoms with E-state index >= 15 is 0 Å². The molecule has 0 aliphatic rings. The van der Waals surface area contributed by atoms with E-state index in [0.29, 0.717) is 19.6 Å². The third kappa shape index (κ3) is 3.85. The number of aryl methyl sites for hydroxylation is 1. The van der Waals surface area contributed by atoms with E-state index in [2.05, 4.69) is 5.32 Å². The number of nitrogens with one attached hydrogen (secondary N) is 1. The molecule has 100 valence electrons. The summed E-state index contributed by atoms with van der Waals surface area (Å²) in [5.41, 5.74) is -0.986. The molecule has 0 radical (unpaired) electrons. The van der Waals surface area contributed by atoms with Crippen LogP contribution < -0.4 is 16.6 Å². The molecule has 0 aliphatic heterocycles. The highest BCUT2D eigenvalue weighted by Crippen LogP contribution is 1.80. The molecule has 0 aliphatic carbocycles. The summed E-state index contributed by atoms with van der Waals surface area (Å²) in [6, 6.07) is 1.25. The molecule has 0 spiro atoms. The van der Waals surface area contributed by atoms with E-state index in [1.54, 1.807) is 7.11 Å². The standard InChI is InChI=1S/C11H17N3O4/c1-13-6-4-10(16)14(11(13)17)8-9(15)12-5-3-7-18-2/h4,6H,3,5,7-8H2,1-2H3,(H,12,15). The Kier molecular flexibility index (Phi) is 5.31. The van der Waals surface area contributed by atoms with Crippen LogP contribution in [-0.2, 0) is 23.1 Å². The molecule has 0 atom stereocenters. The smallest absolute Gasteiger partial charge is 0.331 e. The first-order chi connectivity index (χ1) is 8.56. The molecule has 1 aromatic rings. The van der Waals surface area contributed by atoms with Crippen molar-refractivity contribution in [2.75, 3.05) is 20.3 Å². The number of hydrogen-bond donors (Lipinski definition) is 1. The first-order valence-corrected chi connectivity index (χ1v) is 5.58. The lowest BCUT2D eigenvalue weighted by Crippen LogP contribution is -2.42.